The zero-order chi connectivity index (χ0) is 17.8. The quantitative estimate of drug-likeness (QED) is 0.890. The highest BCUT2D eigenvalue weighted by atomic mass is 16.6. The van der Waals surface area contributed by atoms with E-state index in [1.807, 2.05) is 60.7 Å². The molecule has 2 aromatic carbocycles. The highest BCUT2D eigenvalue weighted by molar-refractivity contribution is 5.82. The fraction of sp³-hybridized carbons (Fsp3) is 0.263. The number of likely N-dealkylation sites (tertiary alicyclic amines) is 1. The first kappa shape index (κ1) is 17.0. The molecule has 1 aliphatic rings. The normalized spacial score (nSPS) is 22.6. The first-order valence-corrected chi connectivity index (χ1v) is 8.01. The molecule has 6 nitrogen and oxygen atoms in total. The Hall–Kier alpha value is -2.86. The molecule has 25 heavy (non-hydrogen) atoms. The number of carbonyl (C=O) groups excluding carboxylic acids is 1. The third-order valence-corrected chi connectivity index (χ3v) is 4.39. The maximum absolute atomic E-state index is 12.4. The van der Waals surface area contributed by atoms with Gasteiger partial charge >= 0.3 is 12.1 Å². The van der Waals surface area contributed by atoms with Crippen LogP contribution in [0, 0.1) is 0 Å². The largest absolute Gasteiger partial charge is 0.480 e. The van der Waals surface area contributed by atoms with Crippen molar-refractivity contribution >= 4 is 12.1 Å². The van der Waals surface area contributed by atoms with Crippen LogP contribution >= 0.6 is 0 Å². The minimum Gasteiger partial charge on any atom is -0.480 e. The fourth-order valence-electron chi connectivity index (χ4n) is 3.11. The van der Waals surface area contributed by atoms with Gasteiger partial charge < -0.3 is 14.9 Å². The summed E-state index contributed by atoms with van der Waals surface area (Å²) in [5, 5.41) is 19.9. The van der Waals surface area contributed by atoms with E-state index in [0.29, 0.717) is 0 Å². The first-order valence-electron chi connectivity index (χ1n) is 8.01. The van der Waals surface area contributed by atoms with Crippen LogP contribution in [0.2, 0.25) is 0 Å². The Balaban J connectivity index is 1.74. The van der Waals surface area contributed by atoms with Gasteiger partial charge in [-0.2, -0.15) is 0 Å². The minimum absolute atomic E-state index is 0.0502. The van der Waals surface area contributed by atoms with Gasteiger partial charge in [0.1, 0.15) is 6.61 Å². The zero-order valence-corrected chi connectivity index (χ0v) is 13.5. The van der Waals surface area contributed by atoms with E-state index in [0.717, 1.165) is 16.0 Å². The van der Waals surface area contributed by atoms with Crippen LogP contribution in [0.3, 0.4) is 0 Å². The van der Waals surface area contributed by atoms with E-state index in [9.17, 15) is 19.8 Å². The summed E-state index contributed by atoms with van der Waals surface area (Å²) in [5.41, 5.74) is 1.60. The Bertz CT molecular complexity index is 734. The number of aliphatic carboxylic acids is 1. The molecular formula is C19H19NO5. The van der Waals surface area contributed by atoms with E-state index in [4.69, 9.17) is 4.74 Å². The summed E-state index contributed by atoms with van der Waals surface area (Å²) in [5.74, 6) is -1.71. The highest BCUT2D eigenvalue weighted by Crippen LogP contribution is 2.33. The van der Waals surface area contributed by atoms with Gasteiger partial charge in [0, 0.05) is 12.5 Å². The Morgan fingerprint density at radius 1 is 1.04 bits per heavy atom. The van der Waals surface area contributed by atoms with Gasteiger partial charge in [-0.25, -0.2) is 9.59 Å². The van der Waals surface area contributed by atoms with Crippen molar-refractivity contribution in [3.05, 3.63) is 71.8 Å². The highest BCUT2D eigenvalue weighted by Gasteiger charge is 2.48. The summed E-state index contributed by atoms with van der Waals surface area (Å²) in [6, 6.07) is 16.9. The van der Waals surface area contributed by atoms with Gasteiger partial charge in [-0.1, -0.05) is 60.7 Å². The summed E-state index contributed by atoms with van der Waals surface area (Å²) < 4.78 is 5.24. The Kier molecular flexibility index (Phi) is 5.00. The predicted octanol–water partition coefficient (Wildman–Crippen LogP) is 2.24. The molecule has 1 heterocycles. The molecule has 1 fully saturated rings. The van der Waals surface area contributed by atoms with Crippen molar-refractivity contribution in [1.82, 2.24) is 4.90 Å². The van der Waals surface area contributed by atoms with Gasteiger partial charge in [0.15, 0.2) is 6.04 Å². The average Bonchev–Trinajstić information content (AvgIpc) is 2.99. The van der Waals surface area contributed by atoms with Gasteiger partial charge in [0.25, 0.3) is 0 Å². The van der Waals surface area contributed by atoms with Crippen molar-refractivity contribution in [2.75, 3.05) is 6.54 Å². The number of carboxylic acid groups (broad SMARTS) is 1. The van der Waals surface area contributed by atoms with Crippen LogP contribution in [0.25, 0.3) is 0 Å². The molecule has 0 saturated carbocycles. The molecule has 0 aromatic heterocycles. The molecule has 130 valence electrons. The standard InChI is InChI=1S/C19H19NO5/c21-17-15(14-9-5-2-6-10-14)11-20(16(17)18(22)23)19(24)25-12-13-7-3-1-4-8-13/h1-10,15-17,21H,11-12H2,(H,22,23)/t15-,16-,17-/m0/s1. The average molecular weight is 341 g/mol. The molecule has 3 atom stereocenters. The molecule has 0 bridgehead atoms. The zero-order valence-electron chi connectivity index (χ0n) is 13.5. The molecule has 0 aliphatic carbocycles. The van der Waals surface area contributed by atoms with Crippen molar-refractivity contribution in [3.63, 3.8) is 0 Å². The number of hydrogen-bond acceptors (Lipinski definition) is 4. The summed E-state index contributed by atoms with van der Waals surface area (Å²) in [6.07, 6.45) is -1.93. The third-order valence-electron chi connectivity index (χ3n) is 4.39. The summed E-state index contributed by atoms with van der Waals surface area (Å²) in [6.45, 7) is 0.143. The maximum atomic E-state index is 12.4. The van der Waals surface area contributed by atoms with Crippen LogP contribution in [0.5, 0.6) is 0 Å². The Labute approximate surface area is 145 Å². The monoisotopic (exact) mass is 341 g/mol. The van der Waals surface area contributed by atoms with Gasteiger partial charge in [-0.15, -0.1) is 0 Å². The topological polar surface area (TPSA) is 87.1 Å². The second-order valence-electron chi connectivity index (χ2n) is 5.98. The van der Waals surface area contributed by atoms with Crippen molar-refractivity contribution in [2.45, 2.75) is 24.7 Å². The van der Waals surface area contributed by atoms with Crippen LogP contribution in [0.1, 0.15) is 17.0 Å². The number of benzene rings is 2. The lowest BCUT2D eigenvalue weighted by Gasteiger charge is -2.21. The number of nitrogens with zero attached hydrogens (tertiary/aromatic N) is 1. The number of hydrogen-bond donors (Lipinski definition) is 2. The SMILES string of the molecule is O=C(O)[C@@H]1[C@@H](O)[C@H](c2ccccc2)CN1C(=O)OCc1ccccc1. The van der Waals surface area contributed by atoms with Crippen LogP contribution in [0.4, 0.5) is 4.79 Å². The van der Waals surface area contributed by atoms with Crippen molar-refractivity contribution < 1.29 is 24.5 Å². The van der Waals surface area contributed by atoms with Crippen molar-refractivity contribution in [3.8, 4) is 0 Å². The molecule has 1 aliphatic heterocycles. The molecule has 1 amide bonds. The number of ether oxygens (including phenoxy) is 1. The van der Waals surface area contributed by atoms with Crippen LogP contribution < -0.4 is 0 Å². The van der Waals surface area contributed by atoms with Gasteiger partial charge in [-0.05, 0) is 11.1 Å². The lowest BCUT2D eigenvalue weighted by Crippen LogP contribution is -2.45. The van der Waals surface area contributed by atoms with Gasteiger partial charge in [0.05, 0.1) is 6.10 Å². The smallest absolute Gasteiger partial charge is 0.410 e. The van der Waals surface area contributed by atoms with Crippen LogP contribution in [-0.4, -0.2) is 45.9 Å². The number of aliphatic hydroxyl groups is 1. The summed E-state index contributed by atoms with van der Waals surface area (Å²) >= 11 is 0. The van der Waals surface area contributed by atoms with Crippen LogP contribution in [-0.2, 0) is 16.1 Å². The lowest BCUT2D eigenvalue weighted by molar-refractivity contribution is -0.144. The number of aliphatic hydroxyl groups excluding tert-OH is 1. The molecule has 2 aromatic rings. The van der Waals surface area contributed by atoms with Crippen molar-refractivity contribution in [1.29, 1.82) is 0 Å². The van der Waals surface area contributed by atoms with E-state index in [1.165, 1.54) is 0 Å². The Morgan fingerprint density at radius 2 is 1.64 bits per heavy atom. The van der Waals surface area contributed by atoms with Gasteiger partial charge in [-0.3, -0.25) is 4.90 Å². The Morgan fingerprint density at radius 3 is 2.24 bits per heavy atom. The summed E-state index contributed by atoms with van der Waals surface area (Å²) in [4.78, 5) is 25.0. The second-order valence-corrected chi connectivity index (χ2v) is 5.98. The maximum Gasteiger partial charge on any atom is 0.410 e. The number of carboxylic acids is 1. The van der Waals surface area contributed by atoms with Crippen LogP contribution in [0.15, 0.2) is 60.7 Å². The second kappa shape index (κ2) is 7.36. The molecule has 3 rings (SSSR count). The molecule has 0 radical (unpaired) electrons. The lowest BCUT2D eigenvalue weighted by atomic mass is 9.94. The van der Waals surface area contributed by atoms with Crippen molar-refractivity contribution in [2.24, 2.45) is 0 Å². The minimum atomic E-state index is -1.33. The number of amides is 1. The van der Waals surface area contributed by atoms with E-state index in [2.05, 4.69) is 0 Å². The third kappa shape index (κ3) is 3.64. The van der Waals surface area contributed by atoms with Gasteiger partial charge in [0.2, 0.25) is 0 Å². The van der Waals surface area contributed by atoms with E-state index < -0.39 is 30.1 Å². The molecule has 0 spiro atoms. The molecule has 0 unspecified atom stereocenters. The summed E-state index contributed by atoms with van der Waals surface area (Å²) in [7, 11) is 0. The molecule has 2 N–H and O–H groups in total. The van der Waals surface area contributed by atoms with E-state index >= 15 is 0 Å². The molecule has 6 heteroatoms. The predicted molar refractivity (Wildman–Crippen MR) is 89.9 cm³/mol. The molecule has 1 saturated heterocycles. The number of carbonyl (C=O) groups is 2. The van der Waals surface area contributed by atoms with E-state index in [1.54, 1.807) is 0 Å². The fourth-order valence-corrected chi connectivity index (χ4v) is 3.11. The molecular weight excluding hydrogens is 322 g/mol. The number of rotatable bonds is 4. The first-order chi connectivity index (χ1) is 12.1. The van der Waals surface area contributed by atoms with E-state index in [-0.39, 0.29) is 13.2 Å².